The van der Waals surface area contributed by atoms with Crippen molar-refractivity contribution in [2.24, 2.45) is 4.99 Å². The molecular weight excluding hydrogens is 181 g/mol. The molecule has 2 nitrogen and oxygen atoms in total. The van der Waals surface area contributed by atoms with Crippen LogP contribution in [0.3, 0.4) is 0 Å². The molecule has 12 heavy (non-hydrogen) atoms. The second-order valence-electron chi connectivity index (χ2n) is 2.11. The third kappa shape index (κ3) is 1.91. The Labute approximate surface area is 73.7 Å². The molecule has 0 heterocycles. The minimum Gasteiger partial charge on any atom is -0.211 e. The van der Waals surface area contributed by atoms with Gasteiger partial charge >= 0.3 is 0 Å². The summed E-state index contributed by atoms with van der Waals surface area (Å²) in [5.74, 6) is -0.457. The van der Waals surface area contributed by atoms with Gasteiger partial charge in [-0.25, -0.2) is 14.2 Å². The summed E-state index contributed by atoms with van der Waals surface area (Å²) in [6, 6.07) is 4.30. The molecule has 1 aromatic rings. The van der Waals surface area contributed by atoms with Gasteiger partial charge in [-0.2, -0.15) is 0 Å². The highest BCUT2D eigenvalue weighted by Gasteiger charge is 2.04. The monoisotopic (exact) mass is 185 g/mol. The number of halogens is 2. The Kier molecular flexibility index (Phi) is 2.97. The smallest absolute Gasteiger partial charge is 0.211 e. The van der Waals surface area contributed by atoms with Gasteiger partial charge in [0.15, 0.2) is 0 Å². The second kappa shape index (κ2) is 4.00. The standard InChI is InChI=1S/C8H5ClFNO/c9-7-2-1-3-8(10)6(7)4-11-5-12/h1-3H,4H2. The van der Waals surface area contributed by atoms with Gasteiger partial charge in [-0.1, -0.05) is 17.7 Å². The Balaban J connectivity index is 3.03. The molecule has 0 atom stereocenters. The highest BCUT2D eigenvalue weighted by molar-refractivity contribution is 6.31. The molecule has 0 aliphatic carbocycles. The molecule has 62 valence electrons. The van der Waals surface area contributed by atoms with E-state index in [1.54, 1.807) is 6.07 Å². The molecule has 0 bridgehead atoms. The van der Waals surface area contributed by atoms with Crippen LogP contribution < -0.4 is 0 Å². The number of benzene rings is 1. The lowest BCUT2D eigenvalue weighted by molar-refractivity contribution is 0.561. The van der Waals surface area contributed by atoms with Crippen LogP contribution in [0, 0.1) is 5.82 Å². The van der Waals surface area contributed by atoms with E-state index >= 15 is 0 Å². The van der Waals surface area contributed by atoms with Crippen molar-refractivity contribution >= 4 is 17.7 Å². The first-order valence-electron chi connectivity index (χ1n) is 3.22. The molecule has 0 radical (unpaired) electrons. The summed E-state index contributed by atoms with van der Waals surface area (Å²) in [6.45, 7) is -0.0605. The lowest BCUT2D eigenvalue weighted by Gasteiger charge is -1.99. The highest BCUT2D eigenvalue weighted by Crippen LogP contribution is 2.19. The van der Waals surface area contributed by atoms with Crippen molar-refractivity contribution in [2.75, 3.05) is 0 Å². The van der Waals surface area contributed by atoms with Gasteiger partial charge in [0.2, 0.25) is 6.08 Å². The van der Waals surface area contributed by atoms with Crippen molar-refractivity contribution in [1.29, 1.82) is 0 Å². The van der Waals surface area contributed by atoms with Crippen molar-refractivity contribution in [2.45, 2.75) is 6.54 Å². The van der Waals surface area contributed by atoms with Gasteiger partial charge in [0, 0.05) is 10.6 Å². The van der Waals surface area contributed by atoms with Gasteiger partial charge < -0.3 is 0 Å². The van der Waals surface area contributed by atoms with E-state index in [0.717, 1.165) is 0 Å². The molecule has 0 aliphatic rings. The summed E-state index contributed by atoms with van der Waals surface area (Å²) < 4.78 is 12.9. The SMILES string of the molecule is O=C=NCc1c(F)cccc1Cl. The summed E-state index contributed by atoms with van der Waals surface area (Å²) in [5.41, 5.74) is 0.225. The lowest BCUT2D eigenvalue weighted by Crippen LogP contribution is -1.88. The fraction of sp³-hybridized carbons (Fsp3) is 0.125. The van der Waals surface area contributed by atoms with Crippen molar-refractivity contribution in [3.63, 3.8) is 0 Å². The van der Waals surface area contributed by atoms with Gasteiger partial charge in [0.05, 0.1) is 6.54 Å². The number of rotatable bonds is 2. The maximum absolute atomic E-state index is 12.9. The molecule has 0 saturated carbocycles. The Morgan fingerprint density at radius 1 is 1.58 bits per heavy atom. The van der Waals surface area contributed by atoms with E-state index in [0.29, 0.717) is 0 Å². The number of hydrogen-bond donors (Lipinski definition) is 0. The van der Waals surface area contributed by atoms with Gasteiger partial charge in [-0.05, 0) is 12.1 Å². The zero-order valence-corrected chi connectivity index (χ0v) is 6.81. The summed E-state index contributed by atoms with van der Waals surface area (Å²) in [5, 5.41) is 0.272. The molecule has 1 aromatic carbocycles. The predicted molar refractivity (Wildman–Crippen MR) is 43.2 cm³/mol. The Morgan fingerprint density at radius 2 is 2.33 bits per heavy atom. The van der Waals surface area contributed by atoms with E-state index in [9.17, 15) is 9.18 Å². The molecule has 0 saturated heterocycles. The average Bonchev–Trinajstić information content (AvgIpc) is 2.04. The van der Waals surface area contributed by atoms with Crippen LogP contribution in [-0.4, -0.2) is 6.08 Å². The van der Waals surface area contributed by atoms with Gasteiger partial charge in [0.1, 0.15) is 5.82 Å². The molecule has 0 amide bonds. The fourth-order valence-corrected chi connectivity index (χ4v) is 1.02. The van der Waals surface area contributed by atoms with Crippen molar-refractivity contribution < 1.29 is 9.18 Å². The Morgan fingerprint density at radius 3 is 2.92 bits per heavy atom. The van der Waals surface area contributed by atoms with E-state index in [4.69, 9.17) is 11.6 Å². The number of isocyanates is 1. The molecule has 1 rings (SSSR count). The number of hydrogen-bond acceptors (Lipinski definition) is 2. The highest BCUT2D eigenvalue weighted by atomic mass is 35.5. The zero-order chi connectivity index (χ0) is 8.97. The van der Waals surface area contributed by atoms with Gasteiger partial charge in [-0.3, -0.25) is 0 Å². The molecular formula is C8H5ClFNO. The molecule has 0 aliphatic heterocycles. The summed E-state index contributed by atoms with van der Waals surface area (Å²) in [4.78, 5) is 13.0. The fourth-order valence-electron chi connectivity index (χ4n) is 0.795. The topological polar surface area (TPSA) is 29.4 Å². The largest absolute Gasteiger partial charge is 0.235 e. The lowest BCUT2D eigenvalue weighted by atomic mass is 10.2. The first kappa shape index (κ1) is 8.91. The maximum Gasteiger partial charge on any atom is 0.235 e. The maximum atomic E-state index is 12.9. The predicted octanol–water partition coefficient (Wildman–Crippen LogP) is 2.31. The quantitative estimate of drug-likeness (QED) is 0.514. The number of aliphatic imine (C=N–C) groups is 1. The van der Waals surface area contributed by atoms with Crippen LogP contribution in [0.15, 0.2) is 23.2 Å². The zero-order valence-electron chi connectivity index (χ0n) is 6.05. The molecule has 0 aromatic heterocycles. The molecule has 0 unspecified atom stereocenters. The second-order valence-corrected chi connectivity index (χ2v) is 2.51. The van der Waals surface area contributed by atoms with Gasteiger partial charge in [-0.15, -0.1) is 0 Å². The van der Waals surface area contributed by atoms with E-state index in [1.165, 1.54) is 18.2 Å². The number of carbonyl (C=O) groups excluding carboxylic acids is 1. The van der Waals surface area contributed by atoms with Crippen LogP contribution in [0.2, 0.25) is 5.02 Å². The van der Waals surface area contributed by atoms with Crippen LogP contribution in [-0.2, 0) is 11.3 Å². The Hall–Kier alpha value is -1.18. The normalized spacial score (nSPS) is 9.17. The Bertz CT molecular complexity index is 314. The molecule has 4 heteroatoms. The van der Waals surface area contributed by atoms with Gasteiger partial charge in [0.25, 0.3) is 0 Å². The van der Waals surface area contributed by atoms with Crippen LogP contribution in [0.1, 0.15) is 5.56 Å². The van der Waals surface area contributed by atoms with Crippen molar-refractivity contribution in [3.8, 4) is 0 Å². The number of nitrogens with zero attached hydrogens (tertiary/aromatic N) is 1. The minimum atomic E-state index is -0.457. The van der Waals surface area contributed by atoms with Crippen LogP contribution >= 0.6 is 11.6 Å². The third-order valence-corrected chi connectivity index (χ3v) is 1.72. The molecule has 0 spiro atoms. The van der Waals surface area contributed by atoms with Crippen LogP contribution in [0.25, 0.3) is 0 Å². The summed E-state index contributed by atoms with van der Waals surface area (Å²) in [6.07, 6.45) is 1.32. The van der Waals surface area contributed by atoms with Crippen LogP contribution in [0.4, 0.5) is 4.39 Å². The summed E-state index contributed by atoms with van der Waals surface area (Å²) in [7, 11) is 0. The van der Waals surface area contributed by atoms with E-state index in [1.807, 2.05) is 0 Å². The molecule has 0 N–H and O–H groups in total. The van der Waals surface area contributed by atoms with Crippen molar-refractivity contribution in [3.05, 3.63) is 34.6 Å². The third-order valence-electron chi connectivity index (χ3n) is 1.36. The van der Waals surface area contributed by atoms with Crippen molar-refractivity contribution in [1.82, 2.24) is 0 Å². The molecule has 0 fully saturated rings. The van der Waals surface area contributed by atoms with Crippen LogP contribution in [0.5, 0.6) is 0 Å². The average molecular weight is 186 g/mol. The first-order chi connectivity index (χ1) is 5.75. The minimum absolute atomic E-state index is 0.0605. The van der Waals surface area contributed by atoms with E-state index in [2.05, 4.69) is 4.99 Å². The summed E-state index contributed by atoms with van der Waals surface area (Å²) >= 11 is 5.64. The first-order valence-corrected chi connectivity index (χ1v) is 3.60. The van der Waals surface area contributed by atoms with E-state index in [-0.39, 0.29) is 17.1 Å². The van der Waals surface area contributed by atoms with E-state index < -0.39 is 5.82 Å².